The molecule has 1 aromatic rings. The Kier molecular flexibility index (Phi) is 3.91. The molecule has 7 nitrogen and oxygen atoms in total. The van der Waals surface area contributed by atoms with Gasteiger partial charge >= 0.3 is 5.69 Å². The fourth-order valence-corrected chi connectivity index (χ4v) is 2.17. The van der Waals surface area contributed by atoms with Gasteiger partial charge in [-0.15, -0.1) is 0 Å². The molecule has 1 aromatic heterocycles. The molecule has 2 rings (SSSR count). The fourth-order valence-electron chi connectivity index (χ4n) is 2.17. The summed E-state index contributed by atoms with van der Waals surface area (Å²) in [4.78, 5) is 20.8. The van der Waals surface area contributed by atoms with Crippen molar-refractivity contribution in [1.29, 1.82) is 0 Å². The number of hydrogen-bond donors (Lipinski definition) is 1. The molecule has 0 aliphatic carbocycles. The fraction of sp³-hybridized carbons (Fsp3) is 0.636. The maximum atomic E-state index is 11.2. The molecule has 0 unspecified atom stereocenters. The summed E-state index contributed by atoms with van der Waals surface area (Å²) < 4.78 is 0. The number of piperidine rings is 1. The van der Waals surface area contributed by atoms with Crippen molar-refractivity contribution in [3.05, 3.63) is 16.4 Å². The lowest BCUT2D eigenvalue weighted by Crippen LogP contribution is -2.31. The molecule has 1 N–H and O–H groups in total. The van der Waals surface area contributed by atoms with Crippen molar-refractivity contribution in [2.24, 2.45) is 0 Å². The summed E-state index contributed by atoms with van der Waals surface area (Å²) in [6.07, 6.45) is 4.67. The number of aromatic nitrogens is 2. The van der Waals surface area contributed by atoms with Gasteiger partial charge in [-0.3, -0.25) is 10.1 Å². The van der Waals surface area contributed by atoms with Gasteiger partial charge in [-0.1, -0.05) is 0 Å². The lowest BCUT2D eigenvalue weighted by Gasteiger charge is -2.27. The van der Waals surface area contributed by atoms with E-state index < -0.39 is 4.92 Å². The topological polar surface area (TPSA) is 84.2 Å². The van der Waals surface area contributed by atoms with Crippen molar-refractivity contribution in [2.75, 3.05) is 29.9 Å². The van der Waals surface area contributed by atoms with E-state index in [1.54, 1.807) is 0 Å². The molecule has 0 bridgehead atoms. The molecule has 1 saturated heterocycles. The van der Waals surface area contributed by atoms with E-state index in [-0.39, 0.29) is 5.69 Å². The van der Waals surface area contributed by atoms with E-state index >= 15 is 0 Å². The van der Waals surface area contributed by atoms with Crippen LogP contribution in [0.4, 0.5) is 17.3 Å². The Morgan fingerprint density at radius 1 is 1.39 bits per heavy atom. The second-order valence-electron chi connectivity index (χ2n) is 4.23. The standard InChI is InChI=1S/C11H17N5O2/c1-2-12-10-9(16(17)18)11(14-8-13-10)15-6-4-3-5-7-15/h8H,2-7H2,1H3,(H,12,13,14). The number of hydrogen-bond acceptors (Lipinski definition) is 6. The van der Waals surface area contributed by atoms with Gasteiger partial charge in [-0.25, -0.2) is 9.97 Å². The van der Waals surface area contributed by atoms with Gasteiger partial charge in [0, 0.05) is 19.6 Å². The third kappa shape index (κ3) is 2.49. The number of anilines is 2. The third-order valence-electron chi connectivity index (χ3n) is 2.99. The second kappa shape index (κ2) is 5.61. The molecule has 1 aliphatic heterocycles. The molecule has 1 fully saturated rings. The van der Waals surface area contributed by atoms with E-state index in [4.69, 9.17) is 0 Å². The highest BCUT2D eigenvalue weighted by Gasteiger charge is 2.27. The van der Waals surface area contributed by atoms with E-state index in [9.17, 15) is 10.1 Å². The molecule has 2 heterocycles. The quantitative estimate of drug-likeness (QED) is 0.649. The average molecular weight is 251 g/mol. The zero-order chi connectivity index (χ0) is 13.0. The Morgan fingerprint density at radius 2 is 2.11 bits per heavy atom. The molecular formula is C11H17N5O2. The van der Waals surface area contributed by atoms with Gasteiger partial charge in [0.15, 0.2) is 0 Å². The van der Waals surface area contributed by atoms with E-state index in [0.717, 1.165) is 25.9 Å². The highest BCUT2D eigenvalue weighted by molar-refractivity contribution is 5.70. The van der Waals surface area contributed by atoms with Gasteiger partial charge in [0.05, 0.1) is 4.92 Å². The minimum Gasteiger partial charge on any atom is -0.364 e. The van der Waals surface area contributed by atoms with Crippen LogP contribution < -0.4 is 10.2 Å². The Balaban J connectivity index is 2.38. The Hall–Kier alpha value is -1.92. The van der Waals surface area contributed by atoms with Crippen LogP contribution >= 0.6 is 0 Å². The van der Waals surface area contributed by atoms with Crippen LogP contribution in [0.2, 0.25) is 0 Å². The van der Waals surface area contributed by atoms with Gasteiger partial charge in [-0.05, 0) is 26.2 Å². The maximum absolute atomic E-state index is 11.2. The number of nitro groups is 1. The van der Waals surface area contributed by atoms with Gasteiger partial charge in [0.1, 0.15) is 6.33 Å². The first-order valence-electron chi connectivity index (χ1n) is 6.22. The summed E-state index contributed by atoms with van der Waals surface area (Å²) in [6.45, 7) is 4.12. The number of nitrogens with one attached hydrogen (secondary N) is 1. The first-order chi connectivity index (χ1) is 8.74. The predicted molar refractivity (Wildman–Crippen MR) is 68.9 cm³/mol. The van der Waals surface area contributed by atoms with Crippen molar-refractivity contribution >= 4 is 17.3 Å². The van der Waals surface area contributed by atoms with Crippen LogP contribution in [-0.2, 0) is 0 Å². The zero-order valence-corrected chi connectivity index (χ0v) is 10.4. The molecule has 0 amide bonds. The molecular weight excluding hydrogens is 234 g/mol. The summed E-state index contributed by atoms with van der Waals surface area (Å²) in [5, 5.41) is 14.1. The van der Waals surface area contributed by atoms with Crippen molar-refractivity contribution in [1.82, 2.24) is 9.97 Å². The van der Waals surface area contributed by atoms with Crippen molar-refractivity contribution < 1.29 is 4.92 Å². The van der Waals surface area contributed by atoms with Gasteiger partial charge in [0.2, 0.25) is 11.6 Å². The maximum Gasteiger partial charge on any atom is 0.353 e. The van der Waals surface area contributed by atoms with Crippen LogP contribution in [0.15, 0.2) is 6.33 Å². The van der Waals surface area contributed by atoms with Crippen molar-refractivity contribution in [3.8, 4) is 0 Å². The van der Waals surface area contributed by atoms with Crippen LogP contribution in [0, 0.1) is 10.1 Å². The minimum absolute atomic E-state index is 0.0127. The monoisotopic (exact) mass is 251 g/mol. The summed E-state index contributed by atoms with van der Waals surface area (Å²) >= 11 is 0. The van der Waals surface area contributed by atoms with Gasteiger partial charge in [0.25, 0.3) is 0 Å². The van der Waals surface area contributed by atoms with E-state index in [1.807, 2.05) is 11.8 Å². The zero-order valence-electron chi connectivity index (χ0n) is 10.4. The van der Waals surface area contributed by atoms with E-state index in [2.05, 4.69) is 15.3 Å². The molecule has 0 radical (unpaired) electrons. The summed E-state index contributed by atoms with van der Waals surface area (Å²) in [5.74, 6) is 0.740. The SMILES string of the molecule is CCNc1ncnc(N2CCCCC2)c1[N+](=O)[O-]. The van der Waals surface area contributed by atoms with E-state index in [0.29, 0.717) is 18.2 Å². The lowest BCUT2D eigenvalue weighted by molar-refractivity contribution is -0.383. The Morgan fingerprint density at radius 3 is 2.72 bits per heavy atom. The summed E-state index contributed by atoms with van der Waals surface area (Å²) in [7, 11) is 0. The first kappa shape index (κ1) is 12.5. The highest BCUT2D eigenvalue weighted by atomic mass is 16.6. The van der Waals surface area contributed by atoms with Crippen molar-refractivity contribution in [3.63, 3.8) is 0 Å². The summed E-state index contributed by atoms with van der Waals surface area (Å²) in [6, 6.07) is 0. The van der Waals surface area contributed by atoms with Gasteiger partial charge < -0.3 is 10.2 Å². The smallest absolute Gasteiger partial charge is 0.353 e. The average Bonchev–Trinajstić information content (AvgIpc) is 2.39. The molecule has 98 valence electrons. The predicted octanol–water partition coefficient (Wildman–Crippen LogP) is 1.81. The normalized spacial score (nSPS) is 15.5. The number of rotatable bonds is 4. The molecule has 7 heteroatoms. The molecule has 0 spiro atoms. The molecule has 18 heavy (non-hydrogen) atoms. The molecule has 0 aromatic carbocycles. The molecule has 0 atom stereocenters. The van der Waals surface area contributed by atoms with Crippen LogP contribution in [0.5, 0.6) is 0 Å². The largest absolute Gasteiger partial charge is 0.364 e. The minimum atomic E-state index is -0.401. The highest BCUT2D eigenvalue weighted by Crippen LogP contribution is 2.32. The Bertz CT molecular complexity index is 431. The lowest BCUT2D eigenvalue weighted by atomic mass is 10.1. The van der Waals surface area contributed by atoms with Gasteiger partial charge in [-0.2, -0.15) is 0 Å². The molecule has 0 saturated carbocycles. The second-order valence-corrected chi connectivity index (χ2v) is 4.23. The number of nitrogens with zero attached hydrogens (tertiary/aromatic N) is 4. The molecule has 1 aliphatic rings. The van der Waals surface area contributed by atoms with Crippen LogP contribution in [0.1, 0.15) is 26.2 Å². The Labute approximate surface area is 105 Å². The van der Waals surface area contributed by atoms with Crippen LogP contribution in [0.3, 0.4) is 0 Å². The third-order valence-corrected chi connectivity index (χ3v) is 2.99. The summed E-state index contributed by atoms with van der Waals surface area (Å²) in [5.41, 5.74) is -0.0127. The van der Waals surface area contributed by atoms with E-state index in [1.165, 1.54) is 12.7 Å². The first-order valence-corrected chi connectivity index (χ1v) is 6.22. The van der Waals surface area contributed by atoms with Crippen LogP contribution in [0.25, 0.3) is 0 Å². The van der Waals surface area contributed by atoms with Crippen LogP contribution in [-0.4, -0.2) is 34.5 Å². The van der Waals surface area contributed by atoms with Crippen molar-refractivity contribution in [2.45, 2.75) is 26.2 Å².